The maximum Gasteiger partial charge on any atom is 1.00 e. The van der Waals surface area contributed by atoms with E-state index in [-0.39, 0.29) is 43.6 Å². The minimum atomic E-state index is 0. The van der Waals surface area contributed by atoms with E-state index in [1.165, 1.54) is 0 Å². The van der Waals surface area contributed by atoms with E-state index >= 15 is 0 Å². The molecule has 0 N–H and O–H groups in total. The van der Waals surface area contributed by atoms with Crippen LogP contribution in [0.1, 0.15) is 14.4 Å². The quantitative estimate of drug-likeness (QED) is 0.287. The van der Waals surface area contributed by atoms with Crippen LogP contribution in [-0.2, 0) is 0 Å². The van der Waals surface area contributed by atoms with Gasteiger partial charge in [-0.3, -0.25) is 0 Å². The van der Waals surface area contributed by atoms with Gasteiger partial charge in [-0.2, -0.15) is 0 Å². The molecule has 0 fully saturated rings. The molecule has 2 heteroatoms. The van der Waals surface area contributed by atoms with E-state index in [1.807, 2.05) is 0 Å². The van der Waals surface area contributed by atoms with E-state index in [4.69, 9.17) is 5.11 Å². The van der Waals surface area contributed by atoms with Crippen molar-refractivity contribution in [3.63, 3.8) is 0 Å². The topological polar surface area (TPSA) is 23.1 Å². The third-order valence-electron chi connectivity index (χ3n) is 0. The van der Waals surface area contributed by atoms with Gasteiger partial charge in [0.15, 0.2) is 0 Å². The number of hydrogen-bond acceptors (Lipinski definition) is 1. The molecule has 0 unspecified atom stereocenters. The standard InChI is InChI=1S/C2H5O.CH4.Na/c1-2-3;;/h2H2,1H3;1H4;/q-1;;+1. The predicted molar refractivity (Wildman–Crippen MR) is 17.3 cm³/mol. The molecule has 0 amide bonds. The number of rotatable bonds is 0. The van der Waals surface area contributed by atoms with Gasteiger partial charge in [-0.15, -0.1) is 6.61 Å². The zero-order valence-corrected chi connectivity index (χ0v) is 5.12. The zero-order chi connectivity index (χ0) is 2.71. The maximum absolute atomic E-state index is 8.93. The molecule has 5 heavy (non-hydrogen) atoms. The second-order valence-corrected chi connectivity index (χ2v) is 0.289. The fourth-order valence-corrected chi connectivity index (χ4v) is 0. The van der Waals surface area contributed by atoms with E-state index < -0.39 is 0 Å². The van der Waals surface area contributed by atoms with Crippen molar-refractivity contribution in [1.82, 2.24) is 0 Å². The van der Waals surface area contributed by atoms with Crippen molar-refractivity contribution in [2.24, 2.45) is 0 Å². The molecule has 0 spiro atoms. The maximum atomic E-state index is 8.93. The molecule has 0 bridgehead atoms. The molecule has 0 atom stereocenters. The van der Waals surface area contributed by atoms with Crippen LogP contribution in [0.4, 0.5) is 0 Å². The Morgan fingerprint density at radius 2 is 1.60 bits per heavy atom. The smallest absolute Gasteiger partial charge is 0.855 e. The summed E-state index contributed by atoms with van der Waals surface area (Å²) in [5.41, 5.74) is 0. The van der Waals surface area contributed by atoms with Gasteiger partial charge in [0, 0.05) is 0 Å². The van der Waals surface area contributed by atoms with E-state index in [9.17, 15) is 0 Å². The fraction of sp³-hybridized carbons (Fsp3) is 1.00. The van der Waals surface area contributed by atoms with Crippen molar-refractivity contribution in [2.45, 2.75) is 14.4 Å². The van der Waals surface area contributed by atoms with Crippen LogP contribution in [0.25, 0.3) is 0 Å². The Hall–Kier alpha value is 0.960. The van der Waals surface area contributed by atoms with Crippen molar-refractivity contribution in [2.75, 3.05) is 6.61 Å². The molecule has 0 radical (unpaired) electrons. The van der Waals surface area contributed by atoms with E-state index in [0.29, 0.717) is 0 Å². The molecule has 1 nitrogen and oxygen atoms in total. The molecule has 0 aromatic carbocycles. The Balaban J connectivity index is -0.0000000200. The molecule has 0 aromatic heterocycles. The summed E-state index contributed by atoms with van der Waals surface area (Å²) in [5.74, 6) is 0. The van der Waals surface area contributed by atoms with Crippen LogP contribution in [0.15, 0.2) is 0 Å². The van der Waals surface area contributed by atoms with Crippen LogP contribution in [0.3, 0.4) is 0 Å². The monoisotopic (exact) mass is 84.1 g/mol. The first kappa shape index (κ1) is 16.7. The average Bonchev–Trinajstić information content (AvgIpc) is 0.918. The predicted octanol–water partition coefficient (Wildman–Crippen LogP) is -2.99. The van der Waals surface area contributed by atoms with Gasteiger partial charge >= 0.3 is 29.6 Å². The van der Waals surface area contributed by atoms with Gasteiger partial charge in [0.25, 0.3) is 0 Å². The van der Waals surface area contributed by atoms with E-state index in [2.05, 4.69) is 0 Å². The summed E-state index contributed by atoms with van der Waals surface area (Å²) in [4.78, 5) is 0. The summed E-state index contributed by atoms with van der Waals surface area (Å²) in [6.45, 7) is 1.57. The first-order valence-electron chi connectivity index (χ1n) is 0.996. The van der Waals surface area contributed by atoms with Crippen molar-refractivity contribution < 1.29 is 34.7 Å². The zero-order valence-electron chi connectivity index (χ0n) is 3.12. The average molecular weight is 84.1 g/mol. The molecule has 0 aliphatic heterocycles. The normalized spacial score (nSPS) is 3.60. The van der Waals surface area contributed by atoms with Crippen LogP contribution in [0, 0.1) is 0 Å². The Morgan fingerprint density at radius 3 is 1.60 bits per heavy atom. The van der Waals surface area contributed by atoms with Crippen LogP contribution in [0.5, 0.6) is 0 Å². The van der Waals surface area contributed by atoms with Crippen molar-refractivity contribution in [3.8, 4) is 0 Å². The Morgan fingerprint density at radius 1 is 1.60 bits per heavy atom. The van der Waals surface area contributed by atoms with Crippen molar-refractivity contribution in [3.05, 3.63) is 0 Å². The molecule has 0 aliphatic rings. The Bertz CT molecular complexity index is 6.85. The van der Waals surface area contributed by atoms with Crippen LogP contribution >= 0.6 is 0 Å². The molecule has 0 aliphatic carbocycles. The second-order valence-electron chi connectivity index (χ2n) is 0.289. The summed E-state index contributed by atoms with van der Waals surface area (Å²) >= 11 is 0. The summed E-state index contributed by atoms with van der Waals surface area (Å²) in [7, 11) is 0. The molecule has 0 saturated carbocycles. The third kappa shape index (κ3) is 47.2. The summed E-state index contributed by atoms with van der Waals surface area (Å²) in [6, 6.07) is 0. The number of hydrogen-bond donors (Lipinski definition) is 0. The van der Waals surface area contributed by atoms with Gasteiger partial charge in [-0.25, -0.2) is 0 Å². The summed E-state index contributed by atoms with van der Waals surface area (Å²) < 4.78 is 0. The van der Waals surface area contributed by atoms with Crippen molar-refractivity contribution >= 4 is 0 Å². The van der Waals surface area contributed by atoms with Crippen molar-refractivity contribution in [1.29, 1.82) is 0 Å². The van der Waals surface area contributed by atoms with Gasteiger partial charge < -0.3 is 5.11 Å². The molecular formula is C3H9NaO. The third-order valence-corrected chi connectivity index (χ3v) is 0. The molecular weight excluding hydrogens is 75.0 g/mol. The van der Waals surface area contributed by atoms with Gasteiger partial charge in [-0.1, -0.05) is 14.4 Å². The fourth-order valence-electron chi connectivity index (χ4n) is 0. The Kier molecular flexibility index (Phi) is 67.8. The van der Waals surface area contributed by atoms with Crippen LogP contribution < -0.4 is 34.7 Å². The summed E-state index contributed by atoms with van der Waals surface area (Å²) in [6.07, 6.45) is 0. The van der Waals surface area contributed by atoms with Gasteiger partial charge in [-0.05, 0) is 0 Å². The first-order valence-corrected chi connectivity index (χ1v) is 0.996. The largest absolute Gasteiger partial charge is 1.00 e. The van der Waals surface area contributed by atoms with Crippen LogP contribution in [-0.4, -0.2) is 6.61 Å². The minimum Gasteiger partial charge on any atom is -0.855 e. The first-order chi connectivity index (χ1) is 1.41. The molecule has 28 valence electrons. The Labute approximate surface area is 55.7 Å². The van der Waals surface area contributed by atoms with Gasteiger partial charge in [0.2, 0.25) is 0 Å². The van der Waals surface area contributed by atoms with Gasteiger partial charge in [0.05, 0.1) is 0 Å². The van der Waals surface area contributed by atoms with E-state index in [0.717, 1.165) is 0 Å². The van der Waals surface area contributed by atoms with Crippen LogP contribution in [0.2, 0.25) is 0 Å². The molecule has 0 aromatic rings. The molecule has 0 saturated heterocycles. The molecule has 0 rings (SSSR count). The SMILES string of the molecule is C.CC[O-].[Na+]. The molecule has 0 heterocycles. The van der Waals surface area contributed by atoms with Gasteiger partial charge in [0.1, 0.15) is 0 Å². The van der Waals surface area contributed by atoms with E-state index in [1.54, 1.807) is 6.92 Å². The summed E-state index contributed by atoms with van der Waals surface area (Å²) in [5, 5.41) is 8.93. The minimum absolute atomic E-state index is 0. The second kappa shape index (κ2) is 20.2.